The van der Waals surface area contributed by atoms with Crippen molar-refractivity contribution < 1.29 is 4.42 Å². The molecule has 2 aromatic carbocycles. The molecule has 3 nitrogen and oxygen atoms in total. The number of nitrogens with zero attached hydrogens (tertiary/aromatic N) is 1. The quantitative estimate of drug-likeness (QED) is 0.411. The summed E-state index contributed by atoms with van der Waals surface area (Å²) in [6.07, 6.45) is 8.90. The number of nitrogens with two attached hydrogens (primary N) is 1. The van der Waals surface area contributed by atoms with Gasteiger partial charge in [-0.1, -0.05) is 48.6 Å². The maximum Gasteiger partial charge on any atom is 0.134 e. The molecule has 4 rings (SSSR count). The number of para-hydroxylation sites is 1. The van der Waals surface area contributed by atoms with E-state index in [2.05, 4.69) is 30.1 Å². The van der Waals surface area contributed by atoms with E-state index in [1.54, 1.807) is 0 Å². The number of benzene rings is 2. The number of aryl methyl sites for hydroxylation is 1. The van der Waals surface area contributed by atoms with Crippen LogP contribution in [0.15, 0.2) is 94.0 Å². The minimum absolute atomic E-state index is 0.833. The van der Waals surface area contributed by atoms with Crippen LogP contribution in [0, 0.1) is 6.92 Å². The number of fused-ring (bicyclic) bond motifs is 1. The predicted octanol–water partition coefficient (Wildman–Crippen LogP) is 6.72. The second-order valence-electron chi connectivity index (χ2n) is 6.84. The summed E-state index contributed by atoms with van der Waals surface area (Å²) in [5.41, 5.74) is 11.9. The minimum Gasteiger partial charge on any atom is -0.456 e. The van der Waals surface area contributed by atoms with E-state index in [4.69, 9.17) is 10.2 Å². The lowest BCUT2D eigenvalue weighted by Gasteiger charge is -2.00. The molecule has 0 unspecified atom stereocenters. The highest BCUT2D eigenvalue weighted by atomic mass is 16.3. The molecule has 0 saturated heterocycles. The first-order chi connectivity index (χ1) is 13.6. The van der Waals surface area contributed by atoms with Crippen molar-refractivity contribution in [2.75, 3.05) is 5.73 Å². The average molecular weight is 370 g/mol. The van der Waals surface area contributed by atoms with Crippen LogP contribution in [0.25, 0.3) is 16.5 Å². The monoisotopic (exact) mass is 370 g/mol. The number of anilines is 1. The molecule has 1 aliphatic heterocycles. The average Bonchev–Trinajstić information content (AvgIpc) is 3.33. The smallest absolute Gasteiger partial charge is 0.134 e. The van der Waals surface area contributed by atoms with E-state index in [0.717, 1.165) is 40.1 Å². The number of aliphatic imine (C=N–C) groups is 1. The molecule has 0 radical (unpaired) electrons. The van der Waals surface area contributed by atoms with Crippen molar-refractivity contribution in [3.8, 4) is 0 Å². The van der Waals surface area contributed by atoms with Gasteiger partial charge in [-0.15, -0.1) is 0 Å². The highest BCUT2D eigenvalue weighted by Gasteiger charge is 2.16. The third-order valence-electron chi connectivity index (χ3n) is 4.51. The van der Waals surface area contributed by atoms with E-state index < -0.39 is 0 Å². The third-order valence-corrected chi connectivity index (χ3v) is 4.51. The Kier molecular flexibility index (Phi) is 6.28. The Morgan fingerprint density at radius 1 is 1.11 bits per heavy atom. The first kappa shape index (κ1) is 19.4. The molecule has 0 spiro atoms. The van der Waals surface area contributed by atoms with E-state index in [-0.39, 0.29) is 0 Å². The number of furan rings is 1. The van der Waals surface area contributed by atoms with E-state index in [9.17, 15) is 0 Å². The van der Waals surface area contributed by atoms with Crippen LogP contribution in [0.3, 0.4) is 0 Å². The van der Waals surface area contributed by atoms with Gasteiger partial charge < -0.3 is 10.2 Å². The summed E-state index contributed by atoms with van der Waals surface area (Å²) in [5.74, 6) is 0.920. The van der Waals surface area contributed by atoms with Crippen molar-refractivity contribution in [3.63, 3.8) is 0 Å². The number of hydrogen-bond donors (Lipinski definition) is 1. The fourth-order valence-electron chi connectivity index (χ4n) is 2.97. The van der Waals surface area contributed by atoms with E-state index in [1.165, 1.54) is 11.1 Å². The molecule has 1 aliphatic rings. The molecule has 0 saturated carbocycles. The van der Waals surface area contributed by atoms with Gasteiger partial charge in [0.1, 0.15) is 11.3 Å². The second-order valence-corrected chi connectivity index (χ2v) is 6.84. The van der Waals surface area contributed by atoms with Crippen molar-refractivity contribution in [2.45, 2.75) is 27.2 Å². The summed E-state index contributed by atoms with van der Waals surface area (Å²) in [6.45, 7) is 6.13. The Hall–Kier alpha value is -3.33. The van der Waals surface area contributed by atoms with Crippen molar-refractivity contribution in [1.82, 2.24) is 0 Å². The molecule has 28 heavy (non-hydrogen) atoms. The predicted molar refractivity (Wildman–Crippen MR) is 120 cm³/mol. The van der Waals surface area contributed by atoms with Gasteiger partial charge in [-0.25, -0.2) is 0 Å². The van der Waals surface area contributed by atoms with Gasteiger partial charge in [0.25, 0.3) is 0 Å². The lowest BCUT2D eigenvalue weighted by Crippen LogP contribution is -1.96. The van der Waals surface area contributed by atoms with Crippen LogP contribution in [0.1, 0.15) is 31.6 Å². The molecule has 0 aliphatic carbocycles. The second kappa shape index (κ2) is 9.05. The van der Waals surface area contributed by atoms with Crippen molar-refractivity contribution in [3.05, 3.63) is 95.9 Å². The first-order valence-electron chi connectivity index (χ1n) is 9.43. The van der Waals surface area contributed by atoms with Crippen LogP contribution in [-0.4, -0.2) is 5.71 Å². The zero-order valence-electron chi connectivity index (χ0n) is 16.6. The number of allylic oxidation sites excluding steroid dienone is 5. The molecule has 2 heterocycles. The van der Waals surface area contributed by atoms with E-state index in [1.807, 2.05) is 74.7 Å². The lowest BCUT2D eigenvalue weighted by molar-refractivity contribution is 0.598. The number of hydrogen-bond acceptors (Lipinski definition) is 3. The Morgan fingerprint density at radius 2 is 1.93 bits per heavy atom. The summed E-state index contributed by atoms with van der Waals surface area (Å²) >= 11 is 0. The largest absolute Gasteiger partial charge is 0.456 e. The maximum absolute atomic E-state index is 5.89. The maximum atomic E-state index is 5.89. The van der Waals surface area contributed by atoms with Gasteiger partial charge in [0, 0.05) is 35.0 Å². The molecule has 2 N–H and O–H groups in total. The summed E-state index contributed by atoms with van der Waals surface area (Å²) in [5, 5.41) is 1.14. The molecule has 1 aromatic heterocycles. The van der Waals surface area contributed by atoms with Crippen LogP contribution in [-0.2, 0) is 0 Å². The molecule has 142 valence electrons. The van der Waals surface area contributed by atoms with Gasteiger partial charge in [-0.05, 0) is 56.2 Å². The van der Waals surface area contributed by atoms with Crippen molar-refractivity contribution in [2.24, 2.45) is 4.99 Å². The normalized spacial score (nSPS) is 14.0. The van der Waals surface area contributed by atoms with Crippen LogP contribution < -0.4 is 5.73 Å². The lowest BCUT2D eigenvalue weighted by atomic mass is 10.0. The SMILES string of the molecule is C/C=C\C=C(\C)C1=NC=C(c2cc3ccccc3o2)C1.Cc1cccc(N)c1. The summed E-state index contributed by atoms with van der Waals surface area (Å²) < 4.78 is 5.89. The van der Waals surface area contributed by atoms with Crippen molar-refractivity contribution in [1.29, 1.82) is 0 Å². The van der Waals surface area contributed by atoms with Crippen LogP contribution in [0.4, 0.5) is 5.69 Å². The van der Waals surface area contributed by atoms with Crippen LogP contribution >= 0.6 is 0 Å². The van der Waals surface area contributed by atoms with Gasteiger partial charge in [0.2, 0.25) is 0 Å². The fraction of sp³-hybridized carbons (Fsp3) is 0.160. The Bertz CT molecular complexity index is 1030. The van der Waals surface area contributed by atoms with Gasteiger partial charge in [-0.2, -0.15) is 0 Å². The van der Waals surface area contributed by atoms with Gasteiger partial charge >= 0.3 is 0 Å². The third kappa shape index (κ3) is 4.89. The summed E-state index contributed by atoms with van der Waals surface area (Å²) in [4.78, 5) is 4.51. The standard InChI is InChI=1S/C18H17NO.C7H9N/c1-3-4-7-13(2)16-10-15(12-19-16)18-11-14-8-5-6-9-17(14)20-18;1-6-3-2-4-7(8)5-6/h3-9,11-12H,10H2,1-2H3;2-5H,8H2,1H3/b4-3-,13-7-;. The topological polar surface area (TPSA) is 51.5 Å². The number of nitrogen functional groups attached to an aromatic ring is 1. The highest BCUT2D eigenvalue weighted by molar-refractivity contribution is 6.08. The van der Waals surface area contributed by atoms with Crippen molar-refractivity contribution >= 4 is 27.9 Å². The Morgan fingerprint density at radius 3 is 2.61 bits per heavy atom. The van der Waals surface area contributed by atoms with Gasteiger partial charge in [0.15, 0.2) is 0 Å². The van der Waals surface area contributed by atoms with Crippen LogP contribution in [0.2, 0.25) is 0 Å². The van der Waals surface area contributed by atoms with E-state index >= 15 is 0 Å². The highest BCUT2D eigenvalue weighted by Crippen LogP contribution is 2.30. The number of rotatable bonds is 3. The van der Waals surface area contributed by atoms with E-state index in [0.29, 0.717) is 0 Å². The molecule has 0 atom stereocenters. The zero-order chi connectivity index (χ0) is 19.9. The summed E-state index contributed by atoms with van der Waals surface area (Å²) in [7, 11) is 0. The van der Waals surface area contributed by atoms with Gasteiger partial charge in [0.05, 0.1) is 0 Å². The zero-order valence-corrected chi connectivity index (χ0v) is 16.6. The molecule has 3 aromatic rings. The van der Waals surface area contributed by atoms with Gasteiger partial charge in [-0.3, -0.25) is 4.99 Å². The minimum atomic E-state index is 0.833. The molecule has 0 bridgehead atoms. The Labute approximate surface area is 166 Å². The molecule has 0 amide bonds. The molecular weight excluding hydrogens is 344 g/mol. The Balaban J connectivity index is 0.000000236. The summed E-state index contributed by atoms with van der Waals surface area (Å²) in [6, 6.07) is 18.0. The van der Waals surface area contributed by atoms with Crippen LogP contribution in [0.5, 0.6) is 0 Å². The molecular formula is C25H26N2O. The molecule has 0 fully saturated rings. The first-order valence-corrected chi connectivity index (χ1v) is 9.43. The molecule has 3 heteroatoms. The fourth-order valence-corrected chi connectivity index (χ4v) is 2.97.